The fourth-order valence-electron chi connectivity index (χ4n) is 2.54. The molecule has 0 radical (unpaired) electrons. The van der Waals surface area contributed by atoms with E-state index < -0.39 is 5.97 Å². The van der Waals surface area contributed by atoms with Crippen molar-refractivity contribution in [3.63, 3.8) is 0 Å². The average molecular weight is 322 g/mol. The Hall–Kier alpha value is -2.95. The van der Waals surface area contributed by atoms with Gasteiger partial charge in [-0.05, 0) is 38.1 Å². The maximum absolute atomic E-state index is 12.5. The van der Waals surface area contributed by atoms with Gasteiger partial charge in [-0.25, -0.2) is 9.78 Å². The third-order valence-corrected chi connectivity index (χ3v) is 3.89. The van der Waals surface area contributed by atoms with E-state index in [0.29, 0.717) is 22.3 Å². The summed E-state index contributed by atoms with van der Waals surface area (Å²) in [5, 5.41) is 0.563. The van der Waals surface area contributed by atoms with Crippen molar-refractivity contribution in [3.05, 3.63) is 75.8 Å². The van der Waals surface area contributed by atoms with E-state index in [0.717, 1.165) is 5.56 Å². The number of carbonyl (C=O) groups excluding carboxylic acids is 1. The van der Waals surface area contributed by atoms with Gasteiger partial charge in [0, 0.05) is 0 Å². The molecule has 0 N–H and O–H groups in total. The molecule has 3 aromatic rings. The summed E-state index contributed by atoms with van der Waals surface area (Å²) >= 11 is 0. The number of esters is 1. The van der Waals surface area contributed by atoms with E-state index >= 15 is 0 Å². The largest absolute Gasteiger partial charge is 0.460 e. The van der Waals surface area contributed by atoms with E-state index in [1.54, 1.807) is 25.1 Å². The molecule has 1 aromatic heterocycles. The van der Waals surface area contributed by atoms with E-state index in [9.17, 15) is 9.59 Å². The van der Waals surface area contributed by atoms with Crippen molar-refractivity contribution in [1.29, 1.82) is 0 Å². The van der Waals surface area contributed by atoms with Gasteiger partial charge in [0.25, 0.3) is 5.56 Å². The third-order valence-electron chi connectivity index (χ3n) is 3.89. The normalized spacial score (nSPS) is 10.8. The quantitative estimate of drug-likeness (QED) is 0.693. The molecule has 0 atom stereocenters. The maximum atomic E-state index is 12.5. The van der Waals surface area contributed by atoms with Gasteiger partial charge in [0.05, 0.1) is 23.0 Å². The van der Waals surface area contributed by atoms with Crippen LogP contribution < -0.4 is 5.56 Å². The van der Waals surface area contributed by atoms with Crippen LogP contribution in [0.2, 0.25) is 0 Å². The minimum absolute atomic E-state index is 0.119. The molecule has 0 aliphatic rings. The van der Waals surface area contributed by atoms with Gasteiger partial charge in [0.1, 0.15) is 12.4 Å². The zero-order chi connectivity index (χ0) is 17.1. The lowest BCUT2D eigenvalue weighted by Gasteiger charge is -2.11. The van der Waals surface area contributed by atoms with Gasteiger partial charge in [-0.2, -0.15) is 0 Å². The lowest BCUT2D eigenvalue weighted by atomic mass is 10.1. The molecule has 0 unspecified atom stereocenters. The number of hydrogen-bond acceptors (Lipinski definition) is 4. The highest BCUT2D eigenvalue weighted by Crippen LogP contribution is 2.08. The number of carbonyl (C=O) groups is 1. The molecule has 2 aromatic carbocycles. The summed E-state index contributed by atoms with van der Waals surface area (Å²) in [4.78, 5) is 28.9. The molecule has 24 heavy (non-hydrogen) atoms. The van der Waals surface area contributed by atoms with Gasteiger partial charge in [0.2, 0.25) is 0 Å². The number of hydrogen-bond donors (Lipinski definition) is 0. The van der Waals surface area contributed by atoms with Gasteiger partial charge in [-0.3, -0.25) is 9.36 Å². The van der Waals surface area contributed by atoms with Crippen molar-refractivity contribution in [1.82, 2.24) is 9.55 Å². The zero-order valence-electron chi connectivity index (χ0n) is 13.7. The van der Waals surface area contributed by atoms with Gasteiger partial charge in [0.15, 0.2) is 0 Å². The second kappa shape index (κ2) is 6.66. The Morgan fingerprint density at radius 3 is 2.54 bits per heavy atom. The van der Waals surface area contributed by atoms with Crippen LogP contribution in [0.15, 0.2) is 53.3 Å². The van der Waals surface area contributed by atoms with Crippen LogP contribution in [0.4, 0.5) is 0 Å². The van der Waals surface area contributed by atoms with Gasteiger partial charge in [-0.1, -0.05) is 29.8 Å². The lowest BCUT2D eigenvalue weighted by molar-refractivity contribution is 0.0489. The minimum Gasteiger partial charge on any atom is -0.460 e. The van der Waals surface area contributed by atoms with E-state index in [1.165, 1.54) is 4.57 Å². The fourth-order valence-corrected chi connectivity index (χ4v) is 2.54. The Bertz CT molecular complexity index is 943. The Morgan fingerprint density at radius 2 is 1.79 bits per heavy atom. The summed E-state index contributed by atoms with van der Waals surface area (Å²) in [5.74, 6) is 0.208. The summed E-state index contributed by atoms with van der Waals surface area (Å²) in [6.07, 6.45) is 0. The van der Waals surface area contributed by atoms with Gasteiger partial charge in [-0.15, -0.1) is 0 Å². The summed E-state index contributed by atoms with van der Waals surface area (Å²) < 4.78 is 6.80. The SMILES string of the molecule is Cc1ccc(C(=O)OCCn2c(C)nc3ccccc3c2=O)cc1. The van der Waals surface area contributed by atoms with Crippen molar-refractivity contribution in [2.45, 2.75) is 20.4 Å². The monoisotopic (exact) mass is 322 g/mol. The molecule has 122 valence electrons. The van der Waals surface area contributed by atoms with Crippen LogP contribution >= 0.6 is 0 Å². The fraction of sp³-hybridized carbons (Fsp3) is 0.211. The van der Waals surface area contributed by atoms with Crippen molar-refractivity contribution in [2.24, 2.45) is 0 Å². The Kier molecular flexibility index (Phi) is 4.42. The van der Waals surface area contributed by atoms with Crippen molar-refractivity contribution in [3.8, 4) is 0 Å². The topological polar surface area (TPSA) is 61.2 Å². The zero-order valence-corrected chi connectivity index (χ0v) is 13.7. The van der Waals surface area contributed by atoms with Crippen LogP contribution in [0.3, 0.4) is 0 Å². The Labute approximate surface area is 139 Å². The number of fused-ring (bicyclic) bond motifs is 1. The van der Waals surface area contributed by atoms with Crippen LogP contribution in [0.25, 0.3) is 10.9 Å². The summed E-state index contributed by atoms with van der Waals surface area (Å²) in [6.45, 7) is 4.13. The molecule has 0 aliphatic carbocycles. The standard InChI is InChI=1S/C19H18N2O3/c1-13-7-9-15(10-8-13)19(23)24-12-11-21-14(2)20-17-6-4-3-5-16(17)18(21)22/h3-10H,11-12H2,1-2H3. The highest BCUT2D eigenvalue weighted by molar-refractivity contribution is 5.89. The highest BCUT2D eigenvalue weighted by Gasteiger charge is 2.10. The van der Waals surface area contributed by atoms with E-state index in [1.807, 2.05) is 37.3 Å². The molecule has 0 amide bonds. The molecule has 5 heteroatoms. The van der Waals surface area contributed by atoms with Crippen LogP contribution in [-0.4, -0.2) is 22.1 Å². The second-order valence-corrected chi connectivity index (χ2v) is 5.63. The first-order valence-electron chi connectivity index (χ1n) is 7.76. The molecular formula is C19H18N2O3. The van der Waals surface area contributed by atoms with E-state index in [2.05, 4.69) is 4.98 Å². The number of benzene rings is 2. The van der Waals surface area contributed by atoms with Crippen molar-refractivity contribution >= 4 is 16.9 Å². The summed E-state index contributed by atoms with van der Waals surface area (Å²) in [6, 6.07) is 14.4. The first-order chi connectivity index (χ1) is 11.6. The summed E-state index contributed by atoms with van der Waals surface area (Å²) in [7, 11) is 0. The smallest absolute Gasteiger partial charge is 0.338 e. The number of ether oxygens (including phenoxy) is 1. The van der Waals surface area contributed by atoms with Gasteiger partial charge >= 0.3 is 5.97 Å². The summed E-state index contributed by atoms with van der Waals surface area (Å²) in [5.41, 5.74) is 2.13. The first kappa shape index (κ1) is 15.9. The molecule has 0 spiro atoms. The maximum Gasteiger partial charge on any atom is 0.338 e. The Morgan fingerprint density at radius 1 is 1.08 bits per heavy atom. The number of aryl methyl sites for hydroxylation is 2. The lowest BCUT2D eigenvalue weighted by Crippen LogP contribution is -2.26. The highest BCUT2D eigenvalue weighted by atomic mass is 16.5. The predicted octanol–water partition coefficient (Wildman–Crippen LogP) is 2.87. The molecule has 3 rings (SSSR count). The minimum atomic E-state index is -0.394. The van der Waals surface area contributed by atoms with E-state index in [4.69, 9.17) is 4.74 Å². The molecule has 0 saturated heterocycles. The van der Waals surface area contributed by atoms with Crippen LogP contribution in [0, 0.1) is 13.8 Å². The second-order valence-electron chi connectivity index (χ2n) is 5.63. The first-order valence-corrected chi connectivity index (χ1v) is 7.76. The Balaban J connectivity index is 1.73. The number of nitrogens with zero attached hydrogens (tertiary/aromatic N) is 2. The van der Waals surface area contributed by atoms with Crippen LogP contribution in [0.1, 0.15) is 21.7 Å². The molecule has 0 saturated carbocycles. The van der Waals surface area contributed by atoms with Crippen molar-refractivity contribution < 1.29 is 9.53 Å². The van der Waals surface area contributed by atoms with Crippen LogP contribution in [0.5, 0.6) is 0 Å². The number of para-hydroxylation sites is 1. The van der Waals surface area contributed by atoms with Crippen molar-refractivity contribution in [2.75, 3.05) is 6.61 Å². The number of aromatic nitrogens is 2. The van der Waals surface area contributed by atoms with Gasteiger partial charge < -0.3 is 4.74 Å². The molecule has 0 fully saturated rings. The molecule has 5 nitrogen and oxygen atoms in total. The molecular weight excluding hydrogens is 304 g/mol. The molecule has 0 bridgehead atoms. The molecule has 0 aliphatic heterocycles. The third kappa shape index (κ3) is 3.20. The average Bonchev–Trinajstić information content (AvgIpc) is 2.58. The predicted molar refractivity (Wildman–Crippen MR) is 92.2 cm³/mol. The number of rotatable bonds is 4. The van der Waals surface area contributed by atoms with E-state index in [-0.39, 0.29) is 18.7 Å². The molecule has 1 heterocycles. The van der Waals surface area contributed by atoms with Crippen LogP contribution in [-0.2, 0) is 11.3 Å².